The summed E-state index contributed by atoms with van der Waals surface area (Å²) < 4.78 is 0. The van der Waals surface area contributed by atoms with Crippen molar-refractivity contribution in [2.75, 3.05) is 26.2 Å². The maximum atomic E-state index is 4.33. The summed E-state index contributed by atoms with van der Waals surface area (Å²) in [5.74, 6) is 1.43. The van der Waals surface area contributed by atoms with Gasteiger partial charge in [0.1, 0.15) is 0 Å². The van der Waals surface area contributed by atoms with Crippen LogP contribution < -0.4 is 21.5 Å². The summed E-state index contributed by atoms with van der Waals surface area (Å²) in [4.78, 5) is 8.56. The van der Waals surface area contributed by atoms with E-state index in [1.165, 1.54) is 0 Å². The second-order valence-corrected chi connectivity index (χ2v) is 7.04. The number of hydrogen-bond acceptors (Lipinski definition) is 8. The third-order valence-electron chi connectivity index (χ3n) is 5.04. The lowest BCUT2D eigenvalue weighted by Gasteiger charge is -2.08. The maximum Gasteiger partial charge on any atom is 0.212 e. The van der Waals surface area contributed by atoms with Gasteiger partial charge in [-0.3, -0.25) is 0 Å². The van der Waals surface area contributed by atoms with E-state index in [1.54, 1.807) is 0 Å². The Hall–Kier alpha value is -3.94. The van der Waals surface area contributed by atoms with Crippen LogP contribution in [0.4, 0.5) is 0 Å². The smallest absolute Gasteiger partial charge is 0.212 e. The maximum absolute atomic E-state index is 4.33. The molecular formula is C22H22N8. The molecule has 0 spiro atoms. The molecule has 0 saturated carbocycles. The summed E-state index contributed by atoms with van der Waals surface area (Å²) in [5.41, 5.74) is 8.01. The summed E-state index contributed by atoms with van der Waals surface area (Å²) in [6, 6.07) is 16.8. The number of rotatable bonds is 4. The Kier molecular flexibility index (Phi) is 4.95. The van der Waals surface area contributed by atoms with Crippen molar-refractivity contribution in [2.24, 2.45) is 20.2 Å². The molecule has 2 aliphatic rings. The van der Waals surface area contributed by atoms with E-state index in [-0.39, 0.29) is 0 Å². The number of hydrazone groups is 2. The number of hydrogen-bond donors (Lipinski definition) is 4. The molecular weight excluding hydrogens is 376 g/mol. The molecule has 8 heteroatoms. The van der Waals surface area contributed by atoms with Crippen LogP contribution in [0.15, 0.2) is 68.7 Å². The van der Waals surface area contributed by atoms with Crippen molar-refractivity contribution in [3.63, 3.8) is 0 Å². The Morgan fingerprint density at radius 2 is 1.23 bits per heavy atom. The van der Waals surface area contributed by atoms with E-state index in [0.717, 1.165) is 58.9 Å². The van der Waals surface area contributed by atoms with Gasteiger partial charge in [0, 0.05) is 24.2 Å². The fourth-order valence-corrected chi connectivity index (χ4v) is 3.60. The van der Waals surface area contributed by atoms with Crippen molar-refractivity contribution in [1.29, 1.82) is 0 Å². The van der Waals surface area contributed by atoms with Crippen molar-refractivity contribution in [1.82, 2.24) is 21.5 Å². The number of nitrogens with zero attached hydrogens (tertiary/aromatic N) is 4. The van der Waals surface area contributed by atoms with Gasteiger partial charge in [0.25, 0.3) is 0 Å². The highest BCUT2D eigenvalue weighted by molar-refractivity contribution is 6.10. The second kappa shape index (κ2) is 8.20. The molecule has 150 valence electrons. The normalized spacial score (nSPS) is 16.1. The minimum atomic E-state index is 0.716. The number of aliphatic imine (C=N–C) groups is 2. The van der Waals surface area contributed by atoms with Gasteiger partial charge in [-0.25, -0.2) is 20.8 Å². The average Bonchev–Trinajstić information content (AvgIpc) is 3.47. The number of benzene rings is 3. The minimum Gasteiger partial charge on any atom is -0.353 e. The van der Waals surface area contributed by atoms with Gasteiger partial charge in [0.05, 0.1) is 25.5 Å². The largest absolute Gasteiger partial charge is 0.353 e. The van der Waals surface area contributed by atoms with Gasteiger partial charge in [-0.2, -0.15) is 10.2 Å². The Morgan fingerprint density at radius 3 is 1.67 bits per heavy atom. The van der Waals surface area contributed by atoms with E-state index in [2.05, 4.69) is 78.1 Å². The van der Waals surface area contributed by atoms with Crippen LogP contribution in [0, 0.1) is 0 Å². The minimum absolute atomic E-state index is 0.716. The van der Waals surface area contributed by atoms with Gasteiger partial charge in [0.15, 0.2) is 0 Å². The van der Waals surface area contributed by atoms with E-state index in [1.807, 2.05) is 24.6 Å². The summed E-state index contributed by atoms with van der Waals surface area (Å²) in [6.45, 7) is 3.27. The van der Waals surface area contributed by atoms with Gasteiger partial charge < -0.3 is 10.6 Å². The molecule has 0 bridgehead atoms. The number of nitrogens with one attached hydrogen (secondary N) is 4. The molecule has 3 aromatic rings. The van der Waals surface area contributed by atoms with Crippen LogP contribution in [-0.2, 0) is 0 Å². The molecule has 2 heterocycles. The fraction of sp³-hybridized carbons (Fsp3) is 0.182. The average molecular weight is 398 g/mol. The first kappa shape index (κ1) is 18.1. The molecule has 0 radical (unpaired) electrons. The van der Waals surface area contributed by atoms with Crippen LogP contribution in [0.1, 0.15) is 11.1 Å². The molecule has 2 aliphatic heterocycles. The number of guanidine groups is 2. The van der Waals surface area contributed by atoms with Crippen LogP contribution >= 0.6 is 0 Å². The molecule has 0 saturated heterocycles. The van der Waals surface area contributed by atoms with Gasteiger partial charge in [0.2, 0.25) is 11.9 Å². The van der Waals surface area contributed by atoms with Crippen LogP contribution in [0.5, 0.6) is 0 Å². The lowest BCUT2D eigenvalue weighted by molar-refractivity contribution is 0.920. The van der Waals surface area contributed by atoms with Crippen LogP contribution in [0.2, 0.25) is 0 Å². The van der Waals surface area contributed by atoms with Crippen molar-refractivity contribution >= 4 is 45.9 Å². The quantitative estimate of drug-likeness (QED) is 0.306. The predicted molar refractivity (Wildman–Crippen MR) is 124 cm³/mol. The summed E-state index contributed by atoms with van der Waals surface area (Å²) in [6.07, 6.45) is 3.67. The van der Waals surface area contributed by atoms with Crippen LogP contribution in [0.3, 0.4) is 0 Å². The molecule has 3 aromatic carbocycles. The summed E-state index contributed by atoms with van der Waals surface area (Å²) >= 11 is 0. The first-order chi connectivity index (χ1) is 14.9. The van der Waals surface area contributed by atoms with Gasteiger partial charge in [-0.1, -0.05) is 36.4 Å². The van der Waals surface area contributed by atoms with E-state index in [4.69, 9.17) is 0 Å². The molecule has 8 nitrogen and oxygen atoms in total. The molecule has 0 atom stereocenters. The first-order valence-electron chi connectivity index (χ1n) is 9.97. The Balaban J connectivity index is 1.45. The third-order valence-corrected chi connectivity index (χ3v) is 5.04. The molecule has 0 fully saturated rings. The zero-order valence-corrected chi connectivity index (χ0v) is 16.4. The molecule has 0 aromatic heterocycles. The molecule has 0 amide bonds. The zero-order chi connectivity index (χ0) is 20.2. The number of fused-ring (bicyclic) bond motifs is 2. The molecule has 5 rings (SSSR count). The van der Waals surface area contributed by atoms with E-state index in [0.29, 0.717) is 11.9 Å². The van der Waals surface area contributed by atoms with Crippen LogP contribution in [0.25, 0.3) is 21.5 Å². The van der Waals surface area contributed by atoms with E-state index < -0.39 is 0 Å². The van der Waals surface area contributed by atoms with E-state index in [9.17, 15) is 0 Å². The van der Waals surface area contributed by atoms with Gasteiger partial charge in [-0.05, 0) is 33.7 Å². The second-order valence-electron chi connectivity index (χ2n) is 7.04. The summed E-state index contributed by atoms with van der Waals surface area (Å²) in [7, 11) is 0. The van der Waals surface area contributed by atoms with Crippen molar-refractivity contribution in [2.45, 2.75) is 0 Å². The molecule has 0 unspecified atom stereocenters. The monoisotopic (exact) mass is 398 g/mol. The highest BCUT2D eigenvalue weighted by Gasteiger charge is 2.06. The SMILES string of the molecule is C(=N\NC1=NCCN1)/c1cccc2cc3c(/C=N/NC4=NCCN4)cccc3cc12. The van der Waals surface area contributed by atoms with Gasteiger partial charge >= 0.3 is 0 Å². The Labute approximate surface area is 173 Å². The van der Waals surface area contributed by atoms with Gasteiger partial charge in [-0.15, -0.1) is 0 Å². The third kappa shape index (κ3) is 3.80. The molecule has 0 aliphatic carbocycles. The fourth-order valence-electron chi connectivity index (χ4n) is 3.60. The highest BCUT2D eigenvalue weighted by atomic mass is 15.4. The van der Waals surface area contributed by atoms with E-state index >= 15 is 0 Å². The Morgan fingerprint density at radius 1 is 0.733 bits per heavy atom. The first-order valence-corrected chi connectivity index (χ1v) is 9.97. The van der Waals surface area contributed by atoms with Crippen molar-refractivity contribution in [3.05, 3.63) is 59.7 Å². The summed E-state index contributed by atoms with van der Waals surface area (Å²) in [5, 5.41) is 19.5. The lowest BCUT2D eigenvalue weighted by Crippen LogP contribution is -2.30. The zero-order valence-electron chi connectivity index (χ0n) is 16.4. The lowest BCUT2D eigenvalue weighted by atomic mass is 9.97. The van der Waals surface area contributed by atoms with Crippen molar-refractivity contribution < 1.29 is 0 Å². The molecule has 30 heavy (non-hydrogen) atoms. The van der Waals surface area contributed by atoms with Crippen LogP contribution in [-0.4, -0.2) is 50.5 Å². The van der Waals surface area contributed by atoms with Crippen molar-refractivity contribution in [3.8, 4) is 0 Å². The molecule has 4 N–H and O–H groups in total. The standard InChI is InChI=1S/C22H22N8/c1-3-15-11-20-16(4-2-6-18(20)14-28-30-22-25-9-10-26-22)12-19(15)17(5-1)13-27-29-21-23-7-8-24-21/h1-6,11-14H,7-10H2,(H2,23,24,29)(H2,25,26,30)/b27-13+,28-14+. The predicted octanol–water partition coefficient (Wildman–Crippen LogP) is 1.76. The topological polar surface area (TPSA) is 97.6 Å². The Bertz CT molecular complexity index is 1110. The highest BCUT2D eigenvalue weighted by Crippen LogP contribution is 2.26.